The van der Waals surface area contributed by atoms with Crippen molar-refractivity contribution in [1.29, 1.82) is 0 Å². The van der Waals surface area contributed by atoms with Crippen LogP contribution in [0, 0.1) is 12.8 Å². The van der Waals surface area contributed by atoms with Crippen LogP contribution in [0.3, 0.4) is 0 Å². The van der Waals surface area contributed by atoms with Gasteiger partial charge in [0.1, 0.15) is 0 Å². The quantitative estimate of drug-likeness (QED) is 0.803. The van der Waals surface area contributed by atoms with Crippen molar-refractivity contribution in [3.05, 3.63) is 29.3 Å². The van der Waals surface area contributed by atoms with E-state index in [-0.39, 0.29) is 16.8 Å². The summed E-state index contributed by atoms with van der Waals surface area (Å²) in [4.78, 5) is 13.1. The molecule has 1 aromatic rings. The Bertz CT molecular complexity index is 773. The molecule has 1 aromatic carbocycles. The Morgan fingerprint density at radius 2 is 1.85 bits per heavy atom. The second kappa shape index (κ2) is 8.71. The number of piperidine rings is 1. The molecule has 1 saturated carbocycles. The van der Waals surface area contributed by atoms with E-state index in [1.807, 2.05) is 6.92 Å². The third kappa shape index (κ3) is 4.52. The molecule has 1 amide bonds. The topological polar surface area (TPSA) is 92.5 Å². The lowest BCUT2D eigenvalue weighted by Crippen LogP contribution is -2.45. The number of sulfonamides is 1. The van der Waals surface area contributed by atoms with Gasteiger partial charge in [0.2, 0.25) is 10.0 Å². The standard InChI is InChI=1S/C20H31N3O3S/c1-15-9-10-17(27(25,26)23-11-5-2-6-12-23)13-18(15)20(24)22-19-8-4-3-7-16(19)14-21/h9-10,13,16,19H,2-8,11-12,14,21H2,1H3,(H,22,24). The van der Waals surface area contributed by atoms with Crippen molar-refractivity contribution in [2.75, 3.05) is 19.6 Å². The fourth-order valence-corrected chi connectivity index (χ4v) is 5.73. The second-order valence-corrected chi connectivity index (χ2v) is 9.74. The van der Waals surface area contributed by atoms with E-state index in [2.05, 4.69) is 5.32 Å². The highest BCUT2D eigenvalue weighted by molar-refractivity contribution is 7.89. The van der Waals surface area contributed by atoms with Gasteiger partial charge in [0.25, 0.3) is 5.91 Å². The first-order valence-electron chi connectivity index (χ1n) is 10.0. The van der Waals surface area contributed by atoms with E-state index < -0.39 is 10.0 Å². The highest BCUT2D eigenvalue weighted by Gasteiger charge is 2.29. The Balaban J connectivity index is 1.81. The van der Waals surface area contributed by atoms with Crippen LogP contribution >= 0.6 is 0 Å². The number of aryl methyl sites for hydroxylation is 1. The number of benzene rings is 1. The van der Waals surface area contributed by atoms with Gasteiger partial charge in [-0.2, -0.15) is 4.31 Å². The highest BCUT2D eigenvalue weighted by atomic mass is 32.2. The minimum Gasteiger partial charge on any atom is -0.349 e. The summed E-state index contributed by atoms with van der Waals surface area (Å²) in [7, 11) is -3.55. The number of rotatable bonds is 5. The summed E-state index contributed by atoms with van der Waals surface area (Å²) in [6.07, 6.45) is 7.04. The third-order valence-electron chi connectivity index (χ3n) is 5.93. The average Bonchev–Trinajstić information content (AvgIpc) is 2.69. The molecule has 150 valence electrons. The third-order valence-corrected chi connectivity index (χ3v) is 7.83. The molecule has 2 atom stereocenters. The van der Waals surface area contributed by atoms with E-state index in [9.17, 15) is 13.2 Å². The number of carbonyl (C=O) groups is 1. The Kier molecular flexibility index (Phi) is 6.55. The summed E-state index contributed by atoms with van der Waals surface area (Å²) in [5.41, 5.74) is 7.09. The van der Waals surface area contributed by atoms with Crippen LogP contribution in [-0.4, -0.2) is 44.3 Å². The molecule has 0 aromatic heterocycles. The maximum atomic E-state index is 12.9. The van der Waals surface area contributed by atoms with Crippen molar-refractivity contribution < 1.29 is 13.2 Å². The van der Waals surface area contributed by atoms with Gasteiger partial charge in [-0.1, -0.05) is 25.3 Å². The number of hydrogen-bond acceptors (Lipinski definition) is 4. The summed E-state index contributed by atoms with van der Waals surface area (Å²) in [5.74, 6) is 0.0943. The predicted molar refractivity (Wildman–Crippen MR) is 106 cm³/mol. The second-order valence-electron chi connectivity index (χ2n) is 7.80. The van der Waals surface area contributed by atoms with E-state index >= 15 is 0 Å². The fourth-order valence-electron chi connectivity index (χ4n) is 4.19. The van der Waals surface area contributed by atoms with Crippen LogP contribution in [0.4, 0.5) is 0 Å². The zero-order valence-corrected chi connectivity index (χ0v) is 16.9. The smallest absolute Gasteiger partial charge is 0.251 e. The van der Waals surface area contributed by atoms with Crippen molar-refractivity contribution in [2.24, 2.45) is 11.7 Å². The molecule has 1 saturated heterocycles. The Labute approximate surface area is 162 Å². The molecule has 3 rings (SSSR count). The molecular weight excluding hydrogens is 362 g/mol. The van der Waals surface area contributed by atoms with Crippen molar-refractivity contribution >= 4 is 15.9 Å². The summed E-state index contributed by atoms with van der Waals surface area (Å²) in [6, 6.07) is 4.94. The number of nitrogens with one attached hydrogen (secondary N) is 1. The molecule has 0 bridgehead atoms. The first kappa shape index (κ1) is 20.3. The molecular formula is C20H31N3O3S. The van der Waals surface area contributed by atoms with Crippen molar-refractivity contribution in [1.82, 2.24) is 9.62 Å². The van der Waals surface area contributed by atoms with Crippen LogP contribution in [0.5, 0.6) is 0 Å². The molecule has 2 fully saturated rings. The predicted octanol–water partition coefficient (Wildman–Crippen LogP) is 2.42. The number of nitrogens with zero attached hydrogens (tertiary/aromatic N) is 1. The summed E-state index contributed by atoms with van der Waals surface area (Å²) >= 11 is 0. The minimum atomic E-state index is -3.55. The number of nitrogens with two attached hydrogens (primary N) is 1. The largest absolute Gasteiger partial charge is 0.349 e. The van der Waals surface area contributed by atoms with Crippen LogP contribution in [0.15, 0.2) is 23.1 Å². The van der Waals surface area contributed by atoms with Crippen molar-refractivity contribution in [3.8, 4) is 0 Å². The Morgan fingerprint density at radius 3 is 2.56 bits per heavy atom. The minimum absolute atomic E-state index is 0.0676. The van der Waals surface area contributed by atoms with Gasteiger partial charge in [0.15, 0.2) is 0 Å². The molecule has 3 N–H and O–H groups in total. The van der Waals surface area contributed by atoms with Gasteiger partial charge in [0.05, 0.1) is 4.90 Å². The summed E-state index contributed by atoms with van der Waals surface area (Å²) < 4.78 is 27.4. The van der Waals surface area contributed by atoms with Gasteiger partial charge in [-0.15, -0.1) is 0 Å². The van der Waals surface area contributed by atoms with Crippen molar-refractivity contribution in [2.45, 2.75) is 62.8 Å². The molecule has 2 aliphatic rings. The normalized spacial score (nSPS) is 24.5. The molecule has 1 aliphatic carbocycles. The van der Waals surface area contributed by atoms with E-state index in [4.69, 9.17) is 5.73 Å². The molecule has 6 nitrogen and oxygen atoms in total. The van der Waals surface area contributed by atoms with Crippen LogP contribution < -0.4 is 11.1 Å². The van der Waals surface area contributed by atoms with E-state index in [0.29, 0.717) is 31.1 Å². The van der Waals surface area contributed by atoms with Crippen LogP contribution in [0.1, 0.15) is 60.9 Å². The van der Waals surface area contributed by atoms with Gasteiger partial charge < -0.3 is 11.1 Å². The van der Waals surface area contributed by atoms with Gasteiger partial charge in [0, 0.05) is 24.7 Å². The first-order valence-corrected chi connectivity index (χ1v) is 11.5. The molecule has 1 aliphatic heterocycles. The van der Waals surface area contributed by atoms with E-state index in [1.54, 1.807) is 12.1 Å². The maximum Gasteiger partial charge on any atom is 0.251 e. The molecule has 0 spiro atoms. The van der Waals surface area contributed by atoms with Crippen LogP contribution in [0.25, 0.3) is 0 Å². The lowest BCUT2D eigenvalue weighted by Gasteiger charge is -2.31. The zero-order chi connectivity index (χ0) is 19.4. The summed E-state index contributed by atoms with van der Waals surface area (Å²) in [6.45, 7) is 3.51. The number of carbonyl (C=O) groups excluding carboxylic acids is 1. The van der Waals surface area contributed by atoms with Crippen molar-refractivity contribution in [3.63, 3.8) is 0 Å². The summed E-state index contributed by atoms with van der Waals surface area (Å²) in [5, 5.41) is 3.11. The highest BCUT2D eigenvalue weighted by Crippen LogP contribution is 2.26. The Morgan fingerprint density at radius 1 is 1.15 bits per heavy atom. The van der Waals surface area contributed by atoms with E-state index in [1.165, 1.54) is 10.4 Å². The van der Waals surface area contributed by atoms with Crippen LogP contribution in [0.2, 0.25) is 0 Å². The number of hydrogen-bond donors (Lipinski definition) is 2. The van der Waals surface area contributed by atoms with E-state index in [0.717, 1.165) is 50.5 Å². The SMILES string of the molecule is Cc1ccc(S(=O)(=O)N2CCCCC2)cc1C(=O)NC1CCCCC1CN. The monoisotopic (exact) mass is 393 g/mol. The molecule has 2 unspecified atom stereocenters. The first-order chi connectivity index (χ1) is 12.9. The van der Waals surface area contributed by atoms with Gasteiger partial charge in [-0.25, -0.2) is 8.42 Å². The molecule has 7 heteroatoms. The lowest BCUT2D eigenvalue weighted by molar-refractivity contribution is 0.0907. The van der Waals surface area contributed by atoms with Gasteiger partial charge >= 0.3 is 0 Å². The Hall–Kier alpha value is -1.44. The van der Waals surface area contributed by atoms with Gasteiger partial charge in [-0.05, 0) is 62.8 Å². The molecule has 27 heavy (non-hydrogen) atoms. The van der Waals surface area contributed by atoms with Gasteiger partial charge in [-0.3, -0.25) is 4.79 Å². The fraction of sp³-hybridized carbons (Fsp3) is 0.650. The lowest BCUT2D eigenvalue weighted by atomic mass is 9.84. The zero-order valence-electron chi connectivity index (χ0n) is 16.1. The number of amides is 1. The van der Waals surface area contributed by atoms with Crippen LogP contribution in [-0.2, 0) is 10.0 Å². The molecule has 0 radical (unpaired) electrons. The maximum absolute atomic E-state index is 12.9. The molecule has 1 heterocycles. The average molecular weight is 394 g/mol.